The van der Waals surface area contributed by atoms with Crippen LogP contribution in [0.15, 0.2) is 18.2 Å². The van der Waals surface area contributed by atoms with E-state index in [9.17, 15) is 0 Å². The maximum Gasteiger partial charge on any atom is 0.0453 e. The van der Waals surface area contributed by atoms with E-state index in [4.69, 9.17) is 17.3 Å². The molecule has 2 N–H and O–H groups in total. The summed E-state index contributed by atoms with van der Waals surface area (Å²) in [6.07, 6.45) is 2.07. The lowest BCUT2D eigenvalue weighted by Crippen LogP contribution is -2.10. The Bertz CT molecular complexity index is 320. The zero-order chi connectivity index (χ0) is 11.4. The molecule has 1 unspecified atom stereocenters. The van der Waals surface area contributed by atoms with Crippen molar-refractivity contribution < 1.29 is 0 Å². The summed E-state index contributed by atoms with van der Waals surface area (Å²) in [4.78, 5) is 0. The van der Waals surface area contributed by atoms with Crippen LogP contribution >= 0.6 is 11.6 Å². The Hall–Kier alpha value is -0.530. The number of benzene rings is 1. The Morgan fingerprint density at radius 1 is 1.33 bits per heavy atom. The molecule has 0 aromatic heterocycles. The van der Waals surface area contributed by atoms with Crippen molar-refractivity contribution in [3.8, 4) is 0 Å². The molecule has 2 heteroatoms. The summed E-state index contributed by atoms with van der Waals surface area (Å²) in [5.74, 6) is 0.523. The Balaban J connectivity index is 2.99. The van der Waals surface area contributed by atoms with Crippen molar-refractivity contribution in [2.75, 3.05) is 0 Å². The van der Waals surface area contributed by atoms with Gasteiger partial charge in [0.15, 0.2) is 0 Å². The Labute approximate surface area is 97.6 Å². The van der Waals surface area contributed by atoms with E-state index in [1.54, 1.807) is 0 Å². The fourth-order valence-corrected chi connectivity index (χ4v) is 1.93. The summed E-state index contributed by atoms with van der Waals surface area (Å²) in [6, 6.07) is 6.26. The molecule has 1 aromatic rings. The molecule has 1 nitrogen and oxygen atoms in total. The maximum atomic E-state index is 6.15. The van der Waals surface area contributed by atoms with Crippen LogP contribution in [0.3, 0.4) is 0 Å². The summed E-state index contributed by atoms with van der Waals surface area (Å²) < 4.78 is 0. The van der Waals surface area contributed by atoms with Crippen molar-refractivity contribution in [1.82, 2.24) is 0 Å². The molecule has 0 amide bonds. The molecule has 1 rings (SSSR count). The third-order valence-corrected chi connectivity index (χ3v) is 3.03. The smallest absolute Gasteiger partial charge is 0.0453 e. The van der Waals surface area contributed by atoms with Gasteiger partial charge in [0, 0.05) is 11.1 Å². The zero-order valence-corrected chi connectivity index (χ0v) is 10.5. The van der Waals surface area contributed by atoms with Crippen LogP contribution in [0.5, 0.6) is 0 Å². The van der Waals surface area contributed by atoms with Gasteiger partial charge >= 0.3 is 0 Å². The van der Waals surface area contributed by atoms with E-state index < -0.39 is 0 Å². The van der Waals surface area contributed by atoms with E-state index in [0.29, 0.717) is 5.92 Å². The topological polar surface area (TPSA) is 26.0 Å². The van der Waals surface area contributed by atoms with Crippen LogP contribution in [0.2, 0.25) is 5.02 Å². The van der Waals surface area contributed by atoms with Crippen molar-refractivity contribution in [2.45, 2.75) is 45.6 Å². The van der Waals surface area contributed by atoms with Gasteiger partial charge in [-0.15, -0.1) is 0 Å². The van der Waals surface area contributed by atoms with Crippen molar-refractivity contribution in [3.05, 3.63) is 34.3 Å². The van der Waals surface area contributed by atoms with E-state index >= 15 is 0 Å². The summed E-state index contributed by atoms with van der Waals surface area (Å²) >= 11 is 6.15. The van der Waals surface area contributed by atoms with E-state index in [1.807, 2.05) is 6.07 Å². The van der Waals surface area contributed by atoms with Gasteiger partial charge in [-0.2, -0.15) is 0 Å². The molecule has 84 valence electrons. The first-order valence-electron chi connectivity index (χ1n) is 5.61. The quantitative estimate of drug-likeness (QED) is 0.814. The second-order valence-corrected chi connectivity index (χ2v) is 4.74. The first-order valence-corrected chi connectivity index (χ1v) is 5.99. The summed E-state index contributed by atoms with van der Waals surface area (Å²) in [7, 11) is 0. The minimum absolute atomic E-state index is 0.0706. The van der Waals surface area contributed by atoms with Crippen LogP contribution in [-0.2, 0) is 0 Å². The fraction of sp³-hybridized carbons (Fsp3) is 0.538. The molecule has 1 atom stereocenters. The van der Waals surface area contributed by atoms with Gasteiger partial charge in [-0.1, -0.05) is 50.9 Å². The molecule has 0 saturated heterocycles. The van der Waals surface area contributed by atoms with Crippen LogP contribution in [0, 0.1) is 0 Å². The molecule has 0 spiro atoms. The van der Waals surface area contributed by atoms with Crippen LogP contribution in [-0.4, -0.2) is 0 Å². The van der Waals surface area contributed by atoms with Gasteiger partial charge in [0.1, 0.15) is 0 Å². The van der Waals surface area contributed by atoms with E-state index in [2.05, 4.69) is 32.9 Å². The SMILES string of the molecule is CCCC(N)c1cc(C(C)C)ccc1Cl. The molecule has 0 aliphatic rings. The van der Waals surface area contributed by atoms with Crippen molar-refractivity contribution >= 4 is 11.6 Å². The Morgan fingerprint density at radius 3 is 2.53 bits per heavy atom. The Kier molecular flexibility index (Phi) is 4.62. The molecule has 15 heavy (non-hydrogen) atoms. The van der Waals surface area contributed by atoms with Gasteiger partial charge < -0.3 is 5.73 Å². The number of rotatable bonds is 4. The van der Waals surface area contributed by atoms with Gasteiger partial charge in [0.05, 0.1) is 0 Å². The predicted octanol–water partition coefficient (Wildman–Crippen LogP) is 4.26. The first-order chi connectivity index (χ1) is 7.06. The van der Waals surface area contributed by atoms with Gasteiger partial charge in [0.25, 0.3) is 0 Å². The second kappa shape index (κ2) is 5.53. The molecule has 0 saturated carbocycles. The first kappa shape index (κ1) is 12.5. The molecule has 0 aliphatic heterocycles. The standard InChI is InChI=1S/C13H20ClN/c1-4-5-13(15)11-8-10(9(2)3)6-7-12(11)14/h6-9,13H,4-5,15H2,1-3H3. The van der Waals surface area contributed by atoms with Gasteiger partial charge in [-0.25, -0.2) is 0 Å². The Morgan fingerprint density at radius 2 is 2.00 bits per heavy atom. The zero-order valence-electron chi connectivity index (χ0n) is 9.76. The summed E-state index contributed by atoms with van der Waals surface area (Å²) in [5, 5.41) is 0.792. The third kappa shape index (κ3) is 3.22. The summed E-state index contributed by atoms with van der Waals surface area (Å²) in [5.41, 5.74) is 8.49. The van der Waals surface area contributed by atoms with E-state index in [0.717, 1.165) is 23.4 Å². The molecule has 0 fully saturated rings. The van der Waals surface area contributed by atoms with Gasteiger partial charge in [0.2, 0.25) is 0 Å². The van der Waals surface area contributed by atoms with Gasteiger partial charge in [-0.05, 0) is 29.5 Å². The normalized spacial score (nSPS) is 13.2. The lowest BCUT2D eigenvalue weighted by atomic mass is 9.96. The maximum absolute atomic E-state index is 6.15. The van der Waals surface area contributed by atoms with Crippen LogP contribution in [0.4, 0.5) is 0 Å². The molecule has 0 heterocycles. The number of hydrogen-bond acceptors (Lipinski definition) is 1. The van der Waals surface area contributed by atoms with Crippen molar-refractivity contribution in [1.29, 1.82) is 0 Å². The minimum Gasteiger partial charge on any atom is -0.324 e. The number of nitrogens with two attached hydrogens (primary N) is 1. The molecule has 0 radical (unpaired) electrons. The number of halogens is 1. The third-order valence-electron chi connectivity index (χ3n) is 2.69. The summed E-state index contributed by atoms with van der Waals surface area (Å²) in [6.45, 7) is 6.50. The van der Waals surface area contributed by atoms with E-state index in [1.165, 1.54) is 5.56 Å². The average Bonchev–Trinajstić information content (AvgIpc) is 2.18. The minimum atomic E-state index is 0.0706. The fourth-order valence-electron chi connectivity index (χ4n) is 1.67. The molecule has 0 aliphatic carbocycles. The highest BCUT2D eigenvalue weighted by molar-refractivity contribution is 6.31. The van der Waals surface area contributed by atoms with Crippen LogP contribution in [0.1, 0.15) is 56.7 Å². The lowest BCUT2D eigenvalue weighted by Gasteiger charge is -2.15. The molecular formula is C13H20ClN. The highest BCUT2D eigenvalue weighted by Crippen LogP contribution is 2.28. The second-order valence-electron chi connectivity index (χ2n) is 4.33. The predicted molar refractivity (Wildman–Crippen MR) is 67.4 cm³/mol. The molecule has 1 aromatic carbocycles. The van der Waals surface area contributed by atoms with Crippen molar-refractivity contribution in [3.63, 3.8) is 0 Å². The lowest BCUT2D eigenvalue weighted by molar-refractivity contribution is 0.637. The van der Waals surface area contributed by atoms with Crippen LogP contribution in [0.25, 0.3) is 0 Å². The monoisotopic (exact) mass is 225 g/mol. The highest BCUT2D eigenvalue weighted by Gasteiger charge is 2.11. The number of hydrogen-bond donors (Lipinski definition) is 1. The van der Waals surface area contributed by atoms with Crippen molar-refractivity contribution in [2.24, 2.45) is 5.73 Å². The molecule has 0 bridgehead atoms. The average molecular weight is 226 g/mol. The largest absolute Gasteiger partial charge is 0.324 e. The van der Waals surface area contributed by atoms with E-state index in [-0.39, 0.29) is 6.04 Å². The molecular weight excluding hydrogens is 206 g/mol. The highest BCUT2D eigenvalue weighted by atomic mass is 35.5. The van der Waals surface area contributed by atoms with Crippen LogP contribution < -0.4 is 5.73 Å². The van der Waals surface area contributed by atoms with Gasteiger partial charge in [-0.3, -0.25) is 0 Å².